The first-order valence-corrected chi connectivity index (χ1v) is 8.49. The van der Waals surface area contributed by atoms with Gasteiger partial charge in [-0.05, 0) is 18.2 Å². The number of hydrogen-bond donors (Lipinski definition) is 0. The van der Waals surface area contributed by atoms with E-state index in [-0.39, 0.29) is 19.1 Å². The number of likely N-dealkylation sites (N-methyl/N-ethyl adjacent to an activating group) is 1. The number of ether oxygens (including phenoxy) is 4. The molecule has 0 bridgehead atoms. The highest BCUT2D eigenvalue weighted by molar-refractivity contribution is 5.82. The predicted molar refractivity (Wildman–Crippen MR) is 96.8 cm³/mol. The smallest absolute Gasteiger partial charge is 0.351 e. The van der Waals surface area contributed by atoms with Gasteiger partial charge in [0.15, 0.2) is 18.1 Å². The fraction of sp³-hybridized carbons (Fsp3) is 0.300. The molecule has 1 heterocycles. The standard InChI is InChI=1S/C20H21NO6/c1-21(11-14-7-3-4-8-15(14)24-2)19(22)13-26-20(23)18-12-25-16-9-5-6-10-17(16)27-18/h3-10,18H,11-13H2,1-2H3/t18-/m0/s1. The maximum absolute atomic E-state index is 12.3. The molecule has 0 fully saturated rings. The summed E-state index contributed by atoms with van der Waals surface area (Å²) in [5.41, 5.74) is 0.864. The molecule has 0 N–H and O–H groups in total. The molecule has 1 aliphatic heterocycles. The van der Waals surface area contributed by atoms with Crippen molar-refractivity contribution in [3.8, 4) is 17.2 Å². The third-order valence-corrected chi connectivity index (χ3v) is 4.14. The normalized spacial score (nSPS) is 15.0. The van der Waals surface area contributed by atoms with E-state index in [9.17, 15) is 9.59 Å². The Bertz CT molecular complexity index is 822. The molecule has 0 saturated carbocycles. The van der Waals surface area contributed by atoms with Crippen molar-refractivity contribution in [2.75, 3.05) is 27.4 Å². The van der Waals surface area contributed by atoms with Crippen LogP contribution in [-0.4, -0.2) is 50.3 Å². The van der Waals surface area contributed by atoms with Crippen LogP contribution < -0.4 is 14.2 Å². The lowest BCUT2D eigenvalue weighted by Gasteiger charge is -2.25. The van der Waals surface area contributed by atoms with Crippen molar-refractivity contribution in [1.29, 1.82) is 0 Å². The van der Waals surface area contributed by atoms with Crippen LogP contribution in [0.1, 0.15) is 5.56 Å². The van der Waals surface area contributed by atoms with E-state index in [1.54, 1.807) is 32.4 Å². The number of hydrogen-bond acceptors (Lipinski definition) is 6. The monoisotopic (exact) mass is 371 g/mol. The van der Waals surface area contributed by atoms with Gasteiger partial charge in [0.2, 0.25) is 6.10 Å². The number of nitrogens with zero attached hydrogens (tertiary/aromatic N) is 1. The minimum absolute atomic E-state index is 0.0427. The summed E-state index contributed by atoms with van der Waals surface area (Å²) in [5.74, 6) is 0.787. The number of carbonyl (C=O) groups is 2. The quantitative estimate of drug-likeness (QED) is 0.724. The second-order valence-electron chi connectivity index (χ2n) is 6.03. The molecule has 0 radical (unpaired) electrons. The minimum Gasteiger partial charge on any atom is -0.496 e. The molecule has 1 aliphatic rings. The summed E-state index contributed by atoms with van der Waals surface area (Å²) in [6.07, 6.45) is -0.896. The third-order valence-electron chi connectivity index (χ3n) is 4.14. The maximum Gasteiger partial charge on any atom is 0.351 e. The van der Waals surface area contributed by atoms with Crippen LogP contribution in [-0.2, 0) is 20.9 Å². The third kappa shape index (κ3) is 4.49. The molecule has 0 aromatic heterocycles. The fourth-order valence-corrected chi connectivity index (χ4v) is 2.65. The van der Waals surface area contributed by atoms with Gasteiger partial charge in [-0.15, -0.1) is 0 Å². The van der Waals surface area contributed by atoms with Gasteiger partial charge < -0.3 is 23.8 Å². The lowest BCUT2D eigenvalue weighted by Crippen LogP contribution is -2.40. The first-order chi connectivity index (χ1) is 13.1. The van der Waals surface area contributed by atoms with Gasteiger partial charge in [-0.2, -0.15) is 0 Å². The molecule has 3 rings (SSSR count). The van der Waals surface area contributed by atoms with Gasteiger partial charge in [-0.1, -0.05) is 30.3 Å². The average molecular weight is 371 g/mol. The zero-order valence-corrected chi connectivity index (χ0v) is 15.2. The first kappa shape index (κ1) is 18.6. The van der Waals surface area contributed by atoms with Gasteiger partial charge in [-0.3, -0.25) is 4.79 Å². The van der Waals surface area contributed by atoms with Gasteiger partial charge >= 0.3 is 5.97 Å². The molecule has 0 spiro atoms. The Kier molecular flexibility index (Phi) is 5.80. The predicted octanol–water partition coefficient (Wildman–Crippen LogP) is 2.04. The Balaban J connectivity index is 1.50. The second-order valence-corrected chi connectivity index (χ2v) is 6.03. The van der Waals surface area contributed by atoms with E-state index in [0.717, 1.165) is 5.56 Å². The van der Waals surface area contributed by atoms with Crippen LogP contribution in [0.3, 0.4) is 0 Å². The van der Waals surface area contributed by atoms with Crippen LogP contribution in [0.15, 0.2) is 48.5 Å². The van der Waals surface area contributed by atoms with Crippen LogP contribution in [0, 0.1) is 0 Å². The van der Waals surface area contributed by atoms with E-state index in [4.69, 9.17) is 18.9 Å². The molecule has 1 amide bonds. The molecule has 27 heavy (non-hydrogen) atoms. The molecule has 7 heteroatoms. The molecular formula is C20H21NO6. The largest absolute Gasteiger partial charge is 0.496 e. The average Bonchev–Trinajstić information content (AvgIpc) is 2.71. The lowest BCUT2D eigenvalue weighted by atomic mass is 10.2. The number of fused-ring (bicyclic) bond motifs is 1. The number of para-hydroxylation sites is 3. The molecule has 7 nitrogen and oxygen atoms in total. The van der Waals surface area contributed by atoms with E-state index in [1.807, 2.05) is 30.3 Å². The van der Waals surface area contributed by atoms with Crippen LogP contribution in [0.4, 0.5) is 0 Å². The lowest BCUT2D eigenvalue weighted by molar-refractivity contribution is -0.159. The Morgan fingerprint density at radius 2 is 1.81 bits per heavy atom. The molecule has 1 atom stereocenters. The zero-order valence-electron chi connectivity index (χ0n) is 15.2. The summed E-state index contributed by atoms with van der Waals surface area (Å²) < 4.78 is 21.4. The Morgan fingerprint density at radius 1 is 1.11 bits per heavy atom. The first-order valence-electron chi connectivity index (χ1n) is 8.49. The van der Waals surface area contributed by atoms with E-state index < -0.39 is 12.1 Å². The number of esters is 1. The topological polar surface area (TPSA) is 74.3 Å². The minimum atomic E-state index is -0.896. The van der Waals surface area contributed by atoms with E-state index >= 15 is 0 Å². The summed E-state index contributed by atoms with van der Waals surface area (Å²) in [7, 11) is 3.21. The summed E-state index contributed by atoms with van der Waals surface area (Å²) >= 11 is 0. The van der Waals surface area contributed by atoms with Gasteiger partial charge in [0.1, 0.15) is 12.4 Å². The summed E-state index contributed by atoms with van der Waals surface area (Å²) in [6.45, 7) is 0.0177. The number of benzene rings is 2. The highest BCUT2D eigenvalue weighted by atomic mass is 16.6. The fourth-order valence-electron chi connectivity index (χ4n) is 2.65. The van der Waals surface area contributed by atoms with Crippen LogP contribution in [0.5, 0.6) is 17.2 Å². The molecule has 2 aromatic rings. The van der Waals surface area contributed by atoms with Crippen molar-refractivity contribution in [1.82, 2.24) is 4.90 Å². The van der Waals surface area contributed by atoms with E-state index in [2.05, 4.69) is 0 Å². The van der Waals surface area contributed by atoms with Crippen molar-refractivity contribution >= 4 is 11.9 Å². The molecule has 0 saturated heterocycles. The Morgan fingerprint density at radius 3 is 2.59 bits per heavy atom. The molecule has 0 aliphatic carbocycles. The van der Waals surface area contributed by atoms with E-state index in [1.165, 1.54) is 4.90 Å². The van der Waals surface area contributed by atoms with Gasteiger partial charge in [0.25, 0.3) is 5.91 Å². The summed E-state index contributed by atoms with van der Waals surface area (Å²) in [4.78, 5) is 25.9. The van der Waals surface area contributed by atoms with Crippen LogP contribution in [0.25, 0.3) is 0 Å². The van der Waals surface area contributed by atoms with Crippen molar-refractivity contribution in [3.05, 3.63) is 54.1 Å². The highest BCUT2D eigenvalue weighted by Gasteiger charge is 2.29. The van der Waals surface area contributed by atoms with Gasteiger partial charge in [-0.25, -0.2) is 4.79 Å². The van der Waals surface area contributed by atoms with Crippen LogP contribution >= 0.6 is 0 Å². The van der Waals surface area contributed by atoms with E-state index in [0.29, 0.717) is 23.8 Å². The number of rotatable bonds is 6. The number of amides is 1. The molecule has 142 valence electrons. The van der Waals surface area contributed by atoms with Gasteiger partial charge in [0, 0.05) is 19.2 Å². The zero-order chi connectivity index (χ0) is 19.2. The van der Waals surface area contributed by atoms with Crippen molar-refractivity contribution in [2.24, 2.45) is 0 Å². The summed E-state index contributed by atoms with van der Waals surface area (Å²) in [5, 5.41) is 0. The summed E-state index contributed by atoms with van der Waals surface area (Å²) in [6, 6.07) is 14.5. The van der Waals surface area contributed by atoms with Gasteiger partial charge in [0.05, 0.1) is 7.11 Å². The van der Waals surface area contributed by atoms with Crippen molar-refractivity contribution < 1.29 is 28.5 Å². The molecule has 0 unspecified atom stereocenters. The van der Waals surface area contributed by atoms with Crippen LogP contribution in [0.2, 0.25) is 0 Å². The van der Waals surface area contributed by atoms with Crippen molar-refractivity contribution in [3.63, 3.8) is 0 Å². The Hall–Kier alpha value is -3.22. The second kappa shape index (κ2) is 8.44. The highest BCUT2D eigenvalue weighted by Crippen LogP contribution is 2.31. The molecular weight excluding hydrogens is 350 g/mol. The SMILES string of the molecule is COc1ccccc1CN(C)C(=O)COC(=O)[C@@H]1COc2ccccc2O1. The molecule has 2 aromatic carbocycles. The maximum atomic E-state index is 12.3. The number of methoxy groups -OCH3 is 1. The Labute approximate surface area is 157 Å². The number of carbonyl (C=O) groups excluding carboxylic acids is 2. The van der Waals surface area contributed by atoms with Crippen molar-refractivity contribution in [2.45, 2.75) is 12.6 Å².